The van der Waals surface area contributed by atoms with Gasteiger partial charge >= 0.3 is 0 Å². The van der Waals surface area contributed by atoms with Gasteiger partial charge in [0.2, 0.25) is 11.8 Å². The van der Waals surface area contributed by atoms with Gasteiger partial charge < -0.3 is 14.9 Å². The summed E-state index contributed by atoms with van der Waals surface area (Å²) < 4.78 is 11.0. The molecular weight excluding hydrogens is 230 g/mol. The summed E-state index contributed by atoms with van der Waals surface area (Å²) in [7, 11) is 0. The molecule has 0 radical (unpaired) electrons. The maximum atomic E-state index is 6.10. The van der Waals surface area contributed by atoms with Crippen molar-refractivity contribution in [2.45, 2.75) is 18.4 Å². The van der Waals surface area contributed by atoms with Gasteiger partial charge in [0.05, 0.1) is 12.5 Å². The Morgan fingerprint density at radius 2 is 2.06 bits per heavy atom. The molecule has 1 fully saturated rings. The molecule has 18 heavy (non-hydrogen) atoms. The molecule has 1 aliphatic rings. The fraction of sp³-hybridized carbons (Fsp3) is 0.385. The van der Waals surface area contributed by atoms with Crippen molar-refractivity contribution in [2.24, 2.45) is 5.73 Å². The van der Waals surface area contributed by atoms with Crippen LogP contribution in [0.2, 0.25) is 0 Å². The molecular formula is C13H15N3O2. The molecule has 3 rings (SSSR count). The highest BCUT2D eigenvalue weighted by Gasteiger charge is 2.25. The van der Waals surface area contributed by atoms with Crippen LogP contribution in [-0.4, -0.2) is 23.4 Å². The van der Waals surface area contributed by atoms with Gasteiger partial charge in [-0.2, -0.15) is 0 Å². The Bertz CT molecular complexity index is 506. The number of nitrogens with two attached hydrogens (primary N) is 1. The third kappa shape index (κ3) is 2.14. The van der Waals surface area contributed by atoms with E-state index in [9.17, 15) is 0 Å². The predicted molar refractivity (Wildman–Crippen MR) is 64.9 cm³/mol. The molecule has 1 aliphatic heterocycles. The van der Waals surface area contributed by atoms with Crippen LogP contribution < -0.4 is 5.73 Å². The van der Waals surface area contributed by atoms with E-state index in [2.05, 4.69) is 10.2 Å². The highest BCUT2D eigenvalue weighted by atomic mass is 16.5. The Hall–Kier alpha value is -1.72. The van der Waals surface area contributed by atoms with Crippen molar-refractivity contribution >= 4 is 0 Å². The first-order valence-electron chi connectivity index (χ1n) is 6.06. The molecule has 5 heteroatoms. The topological polar surface area (TPSA) is 74.2 Å². The van der Waals surface area contributed by atoms with E-state index in [1.165, 1.54) is 0 Å². The van der Waals surface area contributed by atoms with Crippen molar-refractivity contribution in [1.29, 1.82) is 0 Å². The zero-order chi connectivity index (χ0) is 12.4. The number of ether oxygens (including phenoxy) is 1. The molecule has 2 atom stereocenters. The van der Waals surface area contributed by atoms with Gasteiger partial charge in [0.15, 0.2) is 0 Å². The Kier molecular flexibility index (Phi) is 3.08. The monoisotopic (exact) mass is 245 g/mol. The third-order valence-electron chi connectivity index (χ3n) is 3.16. The average Bonchev–Trinajstić information content (AvgIpc) is 3.09. The van der Waals surface area contributed by atoms with Crippen molar-refractivity contribution in [2.75, 3.05) is 13.2 Å². The molecule has 0 bridgehead atoms. The van der Waals surface area contributed by atoms with Crippen molar-refractivity contribution in [3.05, 3.63) is 47.7 Å². The summed E-state index contributed by atoms with van der Waals surface area (Å²) >= 11 is 0. The maximum Gasteiger partial charge on any atom is 0.237 e. The van der Waals surface area contributed by atoms with Crippen LogP contribution in [0.5, 0.6) is 0 Å². The molecule has 0 spiro atoms. The van der Waals surface area contributed by atoms with Crippen LogP contribution in [0.4, 0.5) is 0 Å². The first-order chi connectivity index (χ1) is 8.84. The van der Waals surface area contributed by atoms with E-state index in [4.69, 9.17) is 14.9 Å². The van der Waals surface area contributed by atoms with E-state index >= 15 is 0 Å². The highest BCUT2D eigenvalue weighted by molar-refractivity contribution is 5.22. The lowest BCUT2D eigenvalue weighted by molar-refractivity contribution is 0.190. The summed E-state index contributed by atoms with van der Waals surface area (Å²) in [5.41, 5.74) is 7.07. The van der Waals surface area contributed by atoms with Crippen molar-refractivity contribution in [3.8, 4) is 0 Å². The van der Waals surface area contributed by atoms with Crippen LogP contribution in [0.15, 0.2) is 34.7 Å². The van der Waals surface area contributed by atoms with Gasteiger partial charge in [0.25, 0.3) is 0 Å². The minimum Gasteiger partial charge on any atom is -0.423 e. The van der Waals surface area contributed by atoms with Gasteiger partial charge in [-0.25, -0.2) is 0 Å². The Morgan fingerprint density at radius 1 is 1.22 bits per heavy atom. The van der Waals surface area contributed by atoms with E-state index < -0.39 is 0 Å². The lowest BCUT2D eigenvalue weighted by atomic mass is 10.1. The van der Waals surface area contributed by atoms with Gasteiger partial charge in [-0.1, -0.05) is 30.3 Å². The summed E-state index contributed by atoms with van der Waals surface area (Å²) in [5, 5.41) is 8.11. The molecule has 2 aromatic rings. The van der Waals surface area contributed by atoms with Crippen molar-refractivity contribution in [1.82, 2.24) is 10.2 Å². The van der Waals surface area contributed by atoms with E-state index in [0.717, 1.165) is 18.6 Å². The van der Waals surface area contributed by atoms with Crippen molar-refractivity contribution < 1.29 is 9.15 Å². The maximum absolute atomic E-state index is 6.10. The van der Waals surface area contributed by atoms with Crippen LogP contribution in [0.3, 0.4) is 0 Å². The second-order valence-electron chi connectivity index (χ2n) is 4.43. The zero-order valence-electron chi connectivity index (χ0n) is 9.95. The van der Waals surface area contributed by atoms with Crippen LogP contribution in [0.25, 0.3) is 0 Å². The molecule has 2 N–H and O–H groups in total. The number of benzene rings is 1. The summed E-state index contributed by atoms with van der Waals surface area (Å²) in [6, 6.07) is 9.37. The fourth-order valence-electron chi connectivity index (χ4n) is 2.07. The van der Waals surface area contributed by atoms with E-state index in [1.807, 2.05) is 30.3 Å². The SMILES string of the molecule is NC(c1ccccc1)c1nnc(C2CCOC2)o1. The minimum atomic E-state index is -0.366. The van der Waals surface area contributed by atoms with Gasteiger partial charge in [-0.3, -0.25) is 0 Å². The summed E-state index contributed by atoms with van der Waals surface area (Å²) in [4.78, 5) is 0. The van der Waals surface area contributed by atoms with Crippen LogP contribution in [0, 0.1) is 0 Å². The predicted octanol–water partition coefficient (Wildman–Crippen LogP) is 1.62. The van der Waals surface area contributed by atoms with Crippen LogP contribution in [0.1, 0.15) is 35.7 Å². The summed E-state index contributed by atoms with van der Waals surface area (Å²) in [6.45, 7) is 1.41. The van der Waals surface area contributed by atoms with Crippen molar-refractivity contribution in [3.63, 3.8) is 0 Å². The molecule has 1 aromatic heterocycles. The number of hydrogen-bond acceptors (Lipinski definition) is 5. The molecule has 2 unspecified atom stereocenters. The Balaban J connectivity index is 1.80. The second kappa shape index (κ2) is 4.88. The van der Waals surface area contributed by atoms with Gasteiger partial charge in [0, 0.05) is 6.61 Å². The molecule has 1 saturated heterocycles. The lowest BCUT2D eigenvalue weighted by Gasteiger charge is -2.06. The smallest absolute Gasteiger partial charge is 0.237 e. The summed E-state index contributed by atoms with van der Waals surface area (Å²) in [6.07, 6.45) is 0.933. The molecule has 2 heterocycles. The normalized spacial score (nSPS) is 21.1. The zero-order valence-corrected chi connectivity index (χ0v) is 9.95. The largest absolute Gasteiger partial charge is 0.423 e. The minimum absolute atomic E-state index is 0.217. The summed E-state index contributed by atoms with van der Waals surface area (Å²) in [5.74, 6) is 1.31. The Labute approximate surface area is 105 Å². The van der Waals surface area contributed by atoms with Gasteiger partial charge in [-0.05, 0) is 12.0 Å². The van der Waals surface area contributed by atoms with E-state index in [0.29, 0.717) is 18.4 Å². The number of aromatic nitrogens is 2. The Morgan fingerprint density at radius 3 is 2.78 bits per heavy atom. The molecule has 0 saturated carbocycles. The molecule has 94 valence electrons. The average molecular weight is 245 g/mol. The third-order valence-corrected chi connectivity index (χ3v) is 3.16. The highest BCUT2D eigenvalue weighted by Crippen LogP contribution is 2.26. The van der Waals surface area contributed by atoms with Crippen LogP contribution in [-0.2, 0) is 4.74 Å². The second-order valence-corrected chi connectivity index (χ2v) is 4.43. The molecule has 0 aliphatic carbocycles. The van der Waals surface area contributed by atoms with E-state index in [1.54, 1.807) is 0 Å². The number of rotatable bonds is 3. The molecule has 5 nitrogen and oxygen atoms in total. The lowest BCUT2D eigenvalue weighted by Crippen LogP contribution is -2.12. The van der Waals surface area contributed by atoms with Crippen LogP contribution >= 0.6 is 0 Å². The van der Waals surface area contributed by atoms with Gasteiger partial charge in [0.1, 0.15) is 6.04 Å². The molecule has 1 aromatic carbocycles. The van der Waals surface area contributed by atoms with E-state index in [-0.39, 0.29) is 12.0 Å². The standard InChI is InChI=1S/C13H15N3O2/c14-11(9-4-2-1-3-5-9)13-16-15-12(18-13)10-6-7-17-8-10/h1-5,10-11H,6-8,14H2. The fourth-order valence-corrected chi connectivity index (χ4v) is 2.07. The first-order valence-corrected chi connectivity index (χ1v) is 6.06. The van der Waals surface area contributed by atoms with Gasteiger partial charge in [-0.15, -0.1) is 10.2 Å². The first kappa shape index (κ1) is 11.4. The number of nitrogens with zero attached hydrogens (tertiary/aromatic N) is 2. The number of hydrogen-bond donors (Lipinski definition) is 1. The molecule has 0 amide bonds. The quantitative estimate of drug-likeness (QED) is 0.889.